The number of carbonyl (C=O) groups excluding carboxylic acids is 1. The minimum Gasteiger partial charge on any atom is -0.481 e. The lowest BCUT2D eigenvalue weighted by Crippen LogP contribution is -2.30. The lowest BCUT2D eigenvalue weighted by molar-refractivity contribution is -0.122. The summed E-state index contributed by atoms with van der Waals surface area (Å²) in [6.45, 7) is 7.68. The summed E-state index contributed by atoms with van der Waals surface area (Å²) in [6, 6.07) is 16.7. The van der Waals surface area contributed by atoms with Crippen LogP contribution in [-0.4, -0.2) is 31.2 Å². The van der Waals surface area contributed by atoms with Crippen LogP contribution in [0.5, 0.6) is 5.75 Å². The second-order valence-corrected chi connectivity index (χ2v) is 9.28. The van der Waals surface area contributed by atoms with E-state index in [0.29, 0.717) is 28.7 Å². The Kier molecular flexibility index (Phi) is 7.02. The highest BCUT2D eigenvalue weighted by Crippen LogP contribution is 2.29. The highest BCUT2D eigenvalue weighted by Gasteiger charge is 2.17. The van der Waals surface area contributed by atoms with E-state index >= 15 is 0 Å². The minimum atomic E-state index is -0.666. The summed E-state index contributed by atoms with van der Waals surface area (Å²) in [6.07, 6.45) is 0.955. The number of aromatic nitrogens is 4. The minimum absolute atomic E-state index is 0.0950. The summed E-state index contributed by atoms with van der Waals surface area (Å²) in [4.78, 5) is 35.0. The van der Waals surface area contributed by atoms with Gasteiger partial charge in [0.25, 0.3) is 17.2 Å². The molecule has 9 heteroatoms. The predicted molar refractivity (Wildman–Crippen MR) is 134 cm³/mol. The smallest absolute Gasteiger partial charge is 0.274 e. The van der Waals surface area contributed by atoms with Crippen molar-refractivity contribution in [1.29, 1.82) is 0 Å². The fraction of sp³-hybridized carbons (Fsp3) is 0.280. The number of nitrogens with one attached hydrogen (secondary N) is 1. The van der Waals surface area contributed by atoms with Gasteiger partial charge in [-0.2, -0.15) is 9.50 Å². The van der Waals surface area contributed by atoms with Gasteiger partial charge in [0.1, 0.15) is 12.1 Å². The van der Waals surface area contributed by atoms with E-state index in [0.717, 1.165) is 10.5 Å². The molecule has 0 aliphatic heterocycles. The van der Waals surface area contributed by atoms with Crippen molar-refractivity contribution >= 4 is 29.1 Å². The number of hydrogen-bond donors (Lipinski definition) is 1. The van der Waals surface area contributed by atoms with Gasteiger partial charge in [-0.1, -0.05) is 29.8 Å². The first-order valence-corrected chi connectivity index (χ1v) is 12.0. The summed E-state index contributed by atoms with van der Waals surface area (Å²) < 4.78 is 9.00. The monoisotopic (exact) mass is 477 g/mol. The first kappa shape index (κ1) is 23.6. The van der Waals surface area contributed by atoms with Crippen LogP contribution in [0.25, 0.3) is 5.78 Å². The second kappa shape index (κ2) is 10.1. The zero-order valence-electron chi connectivity index (χ0n) is 19.6. The summed E-state index contributed by atoms with van der Waals surface area (Å²) in [5.41, 5.74) is 2.26. The molecule has 2 aromatic carbocycles. The Morgan fingerprint density at radius 1 is 1.12 bits per heavy atom. The van der Waals surface area contributed by atoms with Crippen LogP contribution < -0.4 is 15.6 Å². The number of aryl methyl sites for hydroxylation is 1. The van der Waals surface area contributed by atoms with E-state index in [-0.39, 0.29) is 17.5 Å². The molecular formula is C25H27N5O3S. The number of thioether (sulfide) groups is 1. The van der Waals surface area contributed by atoms with Crippen LogP contribution in [0.1, 0.15) is 38.1 Å². The average molecular weight is 478 g/mol. The number of anilines is 1. The molecule has 0 aliphatic carbocycles. The number of benzene rings is 2. The van der Waals surface area contributed by atoms with E-state index in [1.165, 1.54) is 22.3 Å². The van der Waals surface area contributed by atoms with Crippen LogP contribution in [0.3, 0.4) is 0 Å². The lowest BCUT2D eigenvalue weighted by atomic mass is 10.2. The molecule has 176 valence electrons. The van der Waals surface area contributed by atoms with Crippen LogP contribution in [-0.2, 0) is 10.5 Å². The van der Waals surface area contributed by atoms with Gasteiger partial charge in [-0.25, -0.2) is 4.98 Å². The first-order valence-electron chi connectivity index (χ1n) is 11.0. The van der Waals surface area contributed by atoms with E-state index < -0.39 is 6.10 Å². The van der Waals surface area contributed by atoms with Gasteiger partial charge in [-0.15, -0.1) is 11.8 Å². The molecule has 2 aromatic heterocycles. The summed E-state index contributed by atoms with van der Waals surface area (Å²) in [5, 5.41) is 2.95. The van der Waals surface area contributed by atoms with Crippen molar-refractivity contribution in [3.05, 3.63) is 82.5 Å². The normalized spacial score (nSPS) is 12.1. The first-order chi connectivity index (χ1) is 16.3. The van der Waals surface area contributed by atoms with Crippen molar-refractivity contribution in [3.63, 3.8) is 0 Å². The number of amides is 1. The van der Waals surface area contributed by atoms with Gasteiger partial charge in [0.05, 0.1) is 11.4 Å². The van der Waals surface area contributed by atoms with Crippen LogP contribution in [0.2, 0.25) is 0 Å². The van der Waals surface area contributed by atoms with Crippen LogP contribution in [0.4, 0.5) is 5.69 Å². The van der Waals surface area contributed by atoms with Gasteiger partial charge in [-0.3, -0.25) is 14.3 Å². The Morgan fingerprint density at radius 2 is 1.85 bits per heavy atom. The molecule has 2 heterocycles. The molecule has 0 spiro atoms. The zero-order chi connectivity index (χ0) is 24.2. The molecule has 34 heavy (non-hydrogen) atoms. The summed E-state index contributed by atoms with van der Waals surface area (Å²) >= 11 is 1.49. The fourth-order valence-corrected chi connectivity index (χ4v) is 4.27. The Morgan fingerprint density at radius 3 is 2.59 bits per heavy atom. The van der Waals surface area contributed by atoms with Gasteiger partial charge < -0.3 is 10.1 Å². The highest BCUT2D eigenvalue weighted by atomic mass is 32.2. The maximum absolute atomic E-state index is 12.7. The number of nitrogens with zero attached hydrogens (tertiary/aromatic N) is 4. The molecule has 1 atom stereocenters. The van der Waals surface area contributed by atoms with Crippen LogP contribution in [0, 0.1) is 6.92 Å². The van der Waals surface area contributed by atoms with Crippen molar-refractivity contribution in [2.45, 2.75) is 50.5 Å². The summed E-state index contributed by atoms with van der Waals surface area (Å²) in [7, 11) is 0. The SMILES string of the molecule is Cc1ccc(O[C@@H](C)C(=O)Nc2ccccc2SCc2cc(=O)n3c(ncn3C(C)C)n2)cc1. The van der Waals surface area contributed by atoms with Crippen molar-refractivity contribution in [2.24, 2.45) is 0 Å². The molecule has 0 unspecified atom stereocenters. The number of para-hydroxylation sites is 1. The van der Waals surface area contributed by atoms with Gasteiger partial charge >= 0.3 is 0 Å². The molecule has 4 rings (SSSR count). The molecule has 0 saturated carbocycles. The molecule has 0 radical (unpaired) electrons. The lowest BCUT2D eigenvalue weighted by Gasteiger charge is -2.16. The highest BCUT2D eigenvalue weighted by molar-refractivity contribution is 7.98. The number of fused-ring (bicyclic) bond motifs is 1. The fourth-order valence-electron chi connectivity index (χ4n) is 3.37. The molecule has 8 nitrogen and oxygen atoms in total. The van der Waals surface area contributed by atoms with Crippen molar-refractivity contribution in [1.82, 2.24) is 19.2 Å². The quantitative estimate of drug-likeness (QED) is 0.376. The van der Waals surface area contributed by atoms with E-state index in [2.05, 4.69) is 15.3 Å². The van der Waals surface area contributed by atoms with Gasteiger partial charge in [0.2, 0.25) is 0 Å². The summed E-state index contributed by atoms with van der Waals surface area (Å²) in [5.74, 6) is 1.23. The molecule has 1 amide bonds. The Labute approximate surface area is 202 Å². The molecule has 1 N–H and O–H groups in total. The third-order valence-corrected chi connectivity index (χ3v) is 6.31. The molecule has 0 aliphatic rings. The largest absolute Gasteiger partial charge is 0.481 e. The van der Waals surface area contributed by atoms with Crippen molar-refractivity contribution in [3.8, 4) is 5.75 Å². The van der Waals surface area contributed by atoms with E-state index in [1.807, 2.05) is 69.3 Å². The van der Waals surface area contributed by atoms with Crippen LogP contribution in [0.15, 0.2) is 70.6 Å². The van der Waals surface area contributed by atoms with E-state index in [1.54, 1.807) is 17.9 Å². The van der Waals surface area contributed by atoms with Gasteiger partial charge in [0, 0.05) is 22.8 Å². The van der Waals surface area contributed by atoms with E-state index in [4.69, 9.17) is 4.74 Å². The van der Waals surface area contributed by atoms with Crippen LogP contribution >= 0.6 is 11.8 Å². The molecule has 0 fully saturated rings. The standard InChI is InChI=1S/C25H27N5O3S/c1-16(2)29-15-26-25-27-19(13-23(31)30(25)29)14-34-22-8-6-5-7-21(22)28-24(32)18(4)33-20-11-9-17(3)10-12-20/h5-13,15-16,18H,14H2,1-4H3,(H,28,32)/t18-/m0/s1. The topological polar surface area (TPSA) is 90.5 Å². The second-order valence-electron chi connectivity index (χ2n) is 8.26. The van der Waals surface area contributed by atoms with Crippen molar-refractivity contribution in [2.75, 3.05) is 5.32 Å². The predicted octanol–water partition coefficient (Wildman–Crippen LogP) is 4.48. The molecular weight excluding hydrogens is 450 g/mol. The van der Waals surface area contributed by atoms with Gasteiger partial charge in [0.15, 0.2) is 6.10 Å². The number of ether oxygens (including phenoxy) is 1. The molecule has 0 bridgehead atoms. The maximum Gasteiger partial charge on any atom is 0.274 e. The Balaban J connectivity index is 1.45. The Bertz CT molecular complexity index is 1360. The maximum atomic E-state index is 12.7. The van der Waals surface area contributed by atoms with E-state index in [9.17, 15) is 9.59 Å². The average Bonchev–Trinajstić information content (AvgIpc) is 3.25. The van der Waals surface area contributed by atoms with Crippen molar-refractivity contribution < 1.29 is 9.53 Å². The van der Waals surface area contributed by atoms with Gasteiger partial charge in [-0.05, 0) is 52.0 Å². The zero-order valence-corrected chi connectivity index (χ0v) is 20.4. The third kappa shape index (κ3) is 5.31. The molecule has 0 saturated heterocycles. The third-order valence-electron chi connectivity index (χ3n) is 5.21. The number of hydrogen-bond acceptors (Lipinski definition) is 6. The Hall–Kier alpha value is -3.59. The number of carbonyl (C=O) groups is 1. The molecule has 4 aromatic rings. The number of rotatable bonds is 8.